The molecule has 12 heteroatoms. The Bertz CT molecular complexity index is 1330. The molecule has 0 atom stereocenters. The number of nitro benzene ring substituents is 1. The van der Waals surface area contributed by atoms with Crippen LogP contribution in [-0.2, 0) is 6.18 Å². The maximum absolute atomic E-state index is 13.5. The minimum atomic E-state index is -4.65. The Hall–Kier alpha value is -4.22. The number of hydrogen-bond donors (Lipinski definition) is 0. The van der Waals surface area contributed by atoms with Gasteiger partial charge in [-0.2, -0.15) is 18.3 Å². The minimum Gasteiger partial charge on any atom is -0.368 e. The molecular weight excluding hydrogens is 467 g/mol. The molecule has 2 heterocycles. The molecule has 0 unspecified atom stereocenters. The molecule has 1 aliphatic heterocycles. The van der Waals surface area contributed by atoms with Crippen molar-refractivity contribution >= 4 is 17.3 Å². The zero-order valence-electron chi connectivity index (χ0n) is 18.5. The molecule has 1 amide bonds. The standard InChI is InChI=1S/C23H20F3N5O4/c1-15-14-20(32)21(27-30(15)19-5-3-2-4-18(19)23(24,25)26)22(33)29-12-10-28(11-13-29)16-6-8-17(9-7-16)31(34)35/h2-9,14H,10-13H2,1H3. The molecule has 182 valence electrons. The monoisotopic (exact) mass is 487 g/mol. The second-order valence-corrected chi connectivity index (χ2v) is 7.98. The molecule has 0 aliphatic carbocycles. The molecule has 1 fully saturated rings. The van der Waals surface area contributed by atoms with E-state index in [1.807, 2.05) is 4.90 Å². The van der Waals surface area contributed by atoms with E-state index in [1.165, 1.54) is 42.2 Å². The van der Waals surface area contributed by atoms with Crippen LogP contribution in [0.15, 0.2) is 59.4 Å². The lowest BCUT2D eigenvalue weighted by Crippen LogP contribution is -2.50. The number of anilines is 1. The van der Waals surface area contributed by atoms with Gasteiger partial charge in [-0.05, 0) is 31.2 Å². The molecule has 2 aromatic carbocycles. The first-order chi connectivity index (χ1) is 16.6. The Kier molecular flexibility index (Phi) is 6.29. The number of carbonyl (C=O) groups excluding carboxylic acids is 1. The van der Waals surface area contributed by atoms with E-state index in [0.29, 0.717) is 13.1 Å². The SMILES string of the molecule is Cc1cc(=O)c(C(=O)N2CCN(c3ccc([N+](=O)[O-])cc3)CC2)nn1-c1ccccc1C(F)(F)F. The Morgan fingerprint density at radius 3 is 2.26 bits per heavy atom. The number of non-ortho nitro benzene ring substituents is 1. The number of piperazine rings is 1. The number of aromatic nitrogens is 2. The topological polar surface area (TPSA) is 102 Å². The zero-order chi connectivity index (χ0) is 25.3. The predicted molar refractivity (Wildman–Crippen MR) is 121 cm³/mol. The molecule has 1 saturated heterocycles. The van der Waals surface area contributed by atoms with Crippen molar-refractivity contribution in [1.29, 1.82) is 0 Å². The summed E-state index contributed by atoms with van der Waals surface area (Å²) in [5.41, 5.74) is -1.48. The average Bonchev–Trinajstić information content (AvgIpc) is 2.83. The number of carbonyl (C=O) groups is 1. The summed E-state index contributed by atoms with van der Waals surface area (Å²) in [6.07, 6.45) is -4.65. The van der Waals surface area contributed by atoms with Gasteiger partial charge >= 0.3 is 6.18 Å². The molecule has 0 bridgehead atoms. The van der Waals surface area contributed by atoms with Crippen molar-refractivity contribution < 1.29 is 22.9 Å². The van der Waals surface area contributed by atoms with Gasteiger partial charge in [0.05, 0.1) is 16.2 Å². The summed E-state index contributed by atoms with van der Waals surface area (Å²) < 4.78 is 41.5. The molecule has 1 aliphatic rings. The van der Waals surface area contributed by atoms with Gasteiger partial charge in [-0.25, -0.2) is 4.68 Å². The third kappa shape index (κ3) is 4.86. The molecule has 0 radical (unpaired) electrons. The van der Waals surface area contributed by atoms with E-state index in [2.05, 4.69) is 5.10 Å². The summed E-state index contributed by atoms with van der Waals surface area (Å²) in [6.45, 7) is 2.73. The van der Waals surface area contributed by atoms with E-state index in [9.17, 15) is 32.9 Å². The van der Waals surface area contributed by atoms with Crippen LogP contribution in [0.4, 0.5) is 24.5 Å². The maximum Gasteiger partial charge on any atom is 0.418 e. The predicted octanol–water partition coefficient (Wildman–Crippen LogP) is 3.43. The van der Waals surface area contributed by atoms with Crippen LogP contribution in [0.25, 0.3) is 5.69 Å². The third-order valence-electron chi connectivity index (χ3n) is 5.74. The smallest absolute Gasteiger partial charge is 0.368 e. The second-order valence-electron chi connectivity index (χ2n) is 7.98. The van der Waals surface area contributed by atoms with Crippen molar-refractivity contribution in [3.05, 3.63) is 91.9 Å². The lowest BCUT2D eigenvalue weighted by molar-refractivity contribution is -0.384. The van der Waals surface area contributed by atoms with Gasteiger partial charge in [0, 0.05) is 55.8 Å². The second kappa shape index (κ2) is 9.20. The molecule has 9 nitrogen and oxygen atoms in total. The summed E-state index contributed by atoms with van der Waals surface area (Å²) in [7, 11) is 0. The van der Waals surface area contributed by atoms with Crippen LogP contribution in [0.1, 0.15) is 21.7 Å². The number of amides is 1. The summed E-state index contributed by atoms with van der Waals surface area (Å²) in [6, 6.07) is 11.9. The number of hydrogen-bond acceptors (Lipinski definition) is 6. The van der Waals surface area contributed by atoms with Crippen LogP contribution in [0.5, 0.6) is 0 Å². The first kappa shape index (κ1) is 23.9. The van der Waals surface area contributed by atoms with Crippen LogP contribution >= 0.6 is 0 Å². The number of nitrogens with zero attached hydrogens (tertiary/aromatic N) is 5. The van der Waals surface area contributed by atoms with Crippen LogP contribution in [0.2, 0.25) is 0 Å². The van der Waals surface area contributed by atoms with Gasteiger partial charge in [-0.15, -0.1) is 0 Å². The number of halogens is 3. The van der Waals surface area contributed by atoms with Crippen molar-refractivity contribution in [1.82, 2.24) is 14.7 Å². The fourth-order valence-corrected chi connectivity index (χ4v) is 3.94. The van der Waals surface area contributed by atoms with E-state index in [-0.39, 0.29) is 30.2 Å². The van der Waals surface area contributed by atoms with E-state index in [4.69, 9.17) is 0 Å². The first-order valence-electron chi connectivity index (χ1n) is 10.6. The number of benzene rings is 2. The summed E-state index contributed by atoms with van der Waals surface area (Å²) in [4.78, 5) is 39.3. The summed E-state index contributed by atoms with van der Waals surface area (Å²) in [5, 5.41) is 14.9. The van der Waals surface area contributed by atoms with E-state index >= 15 is 0 Å². The fourth-order valence-electron chi connectivity index (χ4n) is 3.94. The normalized spacial score (nSPS) is 14.2. The largest absolute Gasteiger partial charge is 0.418 e. The van der Waals surface area contributed by atoms with Crippen molar-refractivity contribution in [3.63, 3.8) is 0 Å². The number of rotatable bonds is 4. The minimum absolute atomic E-state index is 0.0311. The van der Waals surface area contributed by atoms with Gasteiger partial charge in [0.2, 0.25) is 5.43 Å². The molecule has 0 saturated carbocycles. The fraction of sp³-hybridized carbons (Fsp3) is 0.261. The van der Waals surface area contributed by atoms with Gasteiger partial charge < -0.3 is 9.80 Å². The Labute approximate surface area is 197 Å². The maximum atomic E-state index is 13.5. The molecule has 3 aromatic rings. The Balaban J connectivity index is 1.56. The van der Waals surface area contributed by atoms with Gasteiger partial charge in [0.1, 0.15) is 0 Å². The molecule has 4 rings (SSSR count). The van der Waals surface area contributed by atoms with E-state index < -0.39 is 33.7 Å². The molecule has 0 spiro atoms. The van der Waals surface area contributed by atoms with Crippen molar-refractivity contribution in [2.75, 3.05) is 31.1 Å². The van der Waals surface area contributed by atoms with Gasteiger partial charge in [-0.3, -0.25) is 19.7 Å². The highest BCUT2D eigenvalue weighted by atomic mass is 19.4. The highest BCUT2D eigenvalue weighted by Gasteiger charge is 2.34. The molecule has 35 heavy (non-hydrogen) atoms. The number of para-hydroxylation sites is 1. The quantitative estimate of drug-likeness (QED) is 0.413. The number of nitro groups is 1. The van der Waals surface area contributed by atoms with Crippen LogP contribution in [0, 0.1) is 17.0 Å². The van der Waals surface area contributed by atoms with E-state index in [1.54, 1.807) is 12.1 Å². The summed E-state index contributed by atoms with van der Waals surface area (Å²) in [5.74, 6) is -0.670. The zero-order valence-corrected chi connectivity index (χ0v) is 18.5. The van der Waals surface area contributed by atoms with Crippen molar-refractivity contribution in [2.24, 2.45) is 0 Å². The lowest BCUT2D eigenvalue weighted by atomic mass is 10.1. The van der Waals surface area contributed by atoms with E-state index in [0.717, 1.165) is 22.5 Å². The number of aryl methyl sites for hydroxylation is 1. The molecule has 1 aromatic heterocycles. The lowest BCUT2D eigenvalue weighted by Gasteiger charge is -2.35. The molecular formula is C23H20F3N5O4. The van der Waals surface area contributed by atoms with Gasteiger partial charge in [0.25, 0.3) is 11.6 Å². The number of alkyl halides is 3. The Morgan fingerprint density at radius 1 is 1.03 bits per heavy atom. The first-order valence-corrected chi connectivity index (χ1v) is 10.6. The van der Waals surface area contributed by atoms with Crippen LogP contribution < -0.4 is 10.3 Å². The van der Waals surface area contributed by atoms with Gasteiger partial charge in [-0.1, -0.05) is 12.1 Å². The third-order valence-corrected chi connectivity index (χ3v) is 5.74. The average molecular weight is 487 g/mol. The highest BCUT2D eigenvalue weighted by molar-refractivity contribution is 5.92. The van der Waals surface area contributed by atoms with Gasteiger partial charge in [0.15, 0.2) is 5.69 Å². The summed E-state index contributed by atoms with van der Waals surface area (Å²) >= 11 is 0. The van der Waals surface area contributed by atoms with Crippen LogP contribution in [-0.4, -0.2) is 51.7 Å². The van der Waals surface area contributed by atoms with Crippen molar-refractivity contribution in [2.45, 2.75) is 13.1 Å². The van der Waals surface area contributed by atoms with Crippen molar-refractivity contribution in [3.8, 4) is 5.69 Å². The Morgan fingerprint density at radius 2 is 1.66 bits per heavy atom. The molecule has 0 N–H and O–H groups in total. The highest BCUT2D eigenvalue weighted by Crippen LogP contribution is 2.33. The van der Waals surface area contributed by atoms with Crippen LogP contribution in [0.3, 0.4) is 0 Å².